The van der Waals surface area contributed by atoms with E-state index >= 15 is 0 Å². The molecule has 1 aromatic rings. The van der Waals surface area contributed by atoms with Crippen LogP contribution in [-0.4, -0.2) is 15.6 Å². The van der Waals surface area contributed by atoms with Gasteiger partial charge in [0.25, 0.3) is 0 Å². The number of hydrogen-bond acceptors (Lipinski definition) is 2. The summed E-state index contributed by atoms with van der Waals surface area (Å²) in [5.74, 6) is 1.09. The quantitative estimate of drug-likeness (QED) is 0.846. The monoisotopic (exact) mass is 219 g/mol. The molecule has 2 aliphatic rings. The summed E-state index contributed by atoms with van der Waals surface area (Å²) in [7, 11) is 0. The van der Waals surface area contributed by atoms with E-state index in [2.05, 4.69) is 34.9 Å². The maximum Gasteiger partial charge on any atom is 0.203 e. The smallest absolute Gasteiger partial charge is 0.203 e. The van der Waals surface area contributed by atoms with Crippen molar-refractivity contribution in [1.82, 2.24) is 9.55 Å². The highest BCUT2D eigenvalue weighted by Gasteiger charge is 2.35. The van der Waals surface area contributed by atoms with Crippen LogP contribution in [-0.2, 0) is 0 Å². The van der Waals surface area contributed by atoms with Crippen molar-refractivity contribution in [3.63, 3.8) is 0 Å². The van der Waals surface area contributed by atoms with E-state index in [0.717, 1.165) is 12.0 Å². The van der Waals surface area contributed by atoms with Crippen LogP contribution in [0.1, 0.15) is 52.0 Å². The molecule has 3 nitrogen and oxygen atoms in total. The third-order valence-electron chi connectivity index (χ3n) is 4.17. The Morgan fingerprint density at radius 1 is 1.38 bits per heavy atom. The van der Waals surface area contributed by atoms with Gasteiger partial charge in [0, 0.05) is 24.5 Å². The minimum atomic E-state index is 0.417. The number of hydrogen-bond donors (Lipinski definition) is 1. The van der Waals surface area contributed by atoms with Crippen LogP contribution in [0.15, 0.2) is 12.4 Å². The minimum Gasteiger partial charge on any atom is -0.352 e. The third-order valence-corrected chi connectivity index (χ3v) is 4.17. The van der Waals surface area contributed by atoms with E-state index in [4.69, 9.17) is 0 Å². The van der Waals surface area contributed by atoms with Gasteiger partial charge in [0.05, 0.1) is 0 Å². The van der Waals surface area contributed by atoms with E-state index in [1.54, 1.807) is 0 Å². The van der Waals surface area contributed by atoms with E-state index < -0.39 is 0 Å². The second-order valence-electron chi connectivity index (χ2n) is 5.97. The standard InChI is InChI=1S/C13H21N3/c1-13(2)7-3-4-11(13)15-12-14-8-9-16(12)10-5-6-10/h8-11H,3-7H2,1-2H3,(H,14,15). The lowest BCUT2D eigenvalue weighted by molar-refractivity contribution is 0.348. The molecule has 16 heavy (non-hydrogen) atoms. The van der Waals surface area contributed by atoms with Gasteiger partial charge >= 0.3 is 0 Å². The van der Waals surface area contributed by atoms with E-state index in [1.807, 2.05) is 6.20 Å². The average Bonchev–Trinajstić information content (AvgIpc) is 2.89. The molecule has 1 aromatic heterocycles. The zero-order chi connectivity index (χ0) is 11.2. The molecule has 2 fully saturated rings. The van der Waals surface area contributed by atoms with Crippen molar-refractivity contribution in [3.8, 4) is 0 Å². The fourth-order valence-corrected chi connectivity index (χ4v) is 2.82. The maximum atomic E-state index is 4.46. The molecular formula is C13H21N3. The van der Waals surface area contributed by atoms with E-state index in [1.165, 1.54) is 32.1 Å². The number of aromatic nitrogens is 2. The Bertz CT molecular complexity index is 376. The van der Waals surface area contributed by atoms with Gasteiger partial charge in [0.2, 0.25) is 5.95 Å². The molecule has 0 saturated heterocycles. The molecule has 88 valence electrons. The van der Waals surface area contributed by atoms with Gasteiger partial charge in [-0.05, 0) is 31.1 Å². The highest BCUT2D eigenvalue weighted by atomic mass is 15.2. The largest absolute Gasteiger partial charge is 0.352 e. The molecule has 3 heteroatoms. The third kappa shape index (κ3) is 1.72. The molecule has 1 unspecified atom stereocenters. The molecule has 2 saturated carbocycles. The predicted octanol–water partition coefficient (Wildman–Crippen LogP) is 3.21. The van der Waals surface area contributed by atoms with Crippen molar-refractivity contribution in [2.24, 2.45) is 5.41 Å². The first-order valence-corrected chi connectivity index (χ1v) is 6.46. The first kappa shape index (κ1) is 10.2. The Labute approximate surface area is 97.3 Å². The zero-order valence-corrected chi connectivity index (χ0v) is 10.2. The highest BCUT2D eigenvalue weighted by Crippen LogP contribution is 2.41. The van der Waals surface area contributed by atoms with Crippen molar-refractivity contribution < 1.29 is 0 Å². The van der Waals surface area contributed by atoms with Crippen LogP contribution in [0.25, 0.3) is 0 Å². The summed E-state index contributed by atoms with van der Waals surface area (Å²) in [6, 6.07) is 1.31. The predicted molar refractivity (Wildman–Crippen MR) is 65.5 cm³/mol. The molecule has 1 N–H and O–H groups in total. The van der Waals surface area contributed by atoms with Gasteiger partial charge < -0.3 is 9.88 Å². The van der Waals surface area contributed by atoms with E-state index in [0.29, 0.717) is 11.5 Å². The molecule has 0 aliphatic heterocycles. The van der Waals surface area contributed by atoms with Gasteiger partial charge in [-0.15, -0.1) is 0 Å². The lowest BCUT2D eigenvalue weighted by atomic mass is 9.87. The molecule has 2 aliphatic carbocycles. The van der Waals surface area contributed by atoms with Crippen LogP contribution in [0, 0.1) is 5.41 Å². The lowest BCUT2D eigenvalue weighted by Crippen LogP contribution is -2.32. The van der Waals surface area contributed by atoms with Crippen LogP contribution in [0.4, 0.5) is 5.95 Å². The van der Waals surface area contributed by atoms with Gasteiger partial charge in [0.1, 0.15) is 0 Å². The van der Waals surface area contributed by atoms with Gasteiger partial charge in [-0.1, -0.05) is 20.3 Å². The van der Waals surface area contributed by atoms with Crippen LogP contribution < -0.4 is 5.32 Å². The first-order valence-electron chi connectivity index (χ1n) is 6.46. The van der Waals surface area contributed by atoms with Crippen molar-refractivity contribution in [2.75, 3.05) is 5.32 Å². The Balaban J connectivity index is 1.76. The van der Waals surface area contributed by atoms with Gasteiger partial charge in [-0.2, -0.15) is 0 Å². The Morgan fingerprint density at radius 2 is 2.19 bits per heavy atom. The summed E-state index contributed by atoms with van der Waals surface area (Å²) in [5, 5.41) is 3.65. The van der Waals surface area contributed by atoms with Crippen LogP contribution in [0.2, 0.25) is 0 Å². The molecular weight excluding hydrogens is 198 g/mol. The van der Waals surface area contributed by atoms with E-state index in [-0.39, 0.29) is 0 Å². The lowest BCUT2D eigenvalue weighted by Gasteiger charge is -2.28. The summed E-state index contributed by atoms with van der Waals surface area (Å²) in [4.78, 5) is 4.46. The number of rotatable bonds is 3. The number of nitrogens with one attached hydrogen (secondary N) is 1. The minimum absolute atomic E-state index is 0.417. The number of imidazole rings is 1. The topological polar surface area (TPSA) is 29.9 Å². The SMILES string of the molecule is CC1(C)CCCC1Nc1nccn1C1CC1. The molecule has 0 amide bonds. The highest BCUT2D eigenvalue weighted by molar-refractivity contribution is 5.31. The fraction of sp³-hybridized carbons (Fsp3) is 0.769. The second kappa shape index (κ2) is 3.51. The Kier molecular flexibility index (Phi) is 2.23. The summed E-state index contributed by atoms with van der Waals surface area (Å²) < 4.78 is 2.31. The van der Waals surface area contributed by atoms with Gasteiger partial charge in [0.15, 0.2) is 0 Å². The van der Waals surface area contributed by atoms with Crippen molar-refractivity contribution >= 4 is 5.95 Å². The molecule has 0 spiro atoms. The van der Waals surface area contributed by atoms with Crippen LogP contribution >= 0.6 is 0 Å². The molecule has 0 aromatic carbocycles. The summed E-state index contributed by atoms with van der Waals surface area (Å²) >= 11 is 0. The first-order chi connectivity index (χ1) is 7.67. The summed E-state index contributed by atoms with van der Waals surface area (Å²) in [6.45, 7) is 4.73. The normalized spacial score (nSPS) is 28.2. The molecule has 1 atom stereocenters. The molecule has 0 bridgehead atoms. The van der Waals surface area contributed by atoms with Crippen LogP contribution in [0.5, 0.6) is 0 Å². The maximum absolute atomic E-state index is 4.46. The number of anilines is 1. The Morgan fingerprint density at radius 3 is 2.81 bits per heavy atom. The second-order valence-corrected chi connectivity index (χ2v) is 5.97. The summed E-state index contributed by atoms with van der Waals surface area (Å²) in [5.41, 5.74) is 0.417. The molecule has 0 radical (unpaired) electrons. The van der Waals surface area contributed by atoms with Crippen molar-refractivity contribution in [3.05, 3.63) is 12.4 Å². The van der Waals surface area contributed by atoms with Gasteiger partial charge in [-0.25, -0.2) is 4.98 Å². The Hall–Kier alpha value is -0.990. The zero-order valence-electron chi connectivity index (χ0n) is 10.2. The molecule has 3 rings (SSSR count). The summed E-state index contributed by atoms with van der Waals surface area (Å²) in [6.07, 6.45) is 10.6. The van der Waals surface area contributed by atoms with Crippen molar-refractivity contribution in [1.29, 1.82) is 0 Å². The van der Waals surface area contributed by atoms with E-state index in [9.17, 15) is 0 Å². The molecule has 1 heterocycles. The average molecular weight is 219 g/mol. The van der Waals surface area contributed by atoms with Crippen molar-refractivity contribution in [2.45, 2.75) is 58.0 Å². The van der Waals surface area contributed by atoms with Gasteiger partial charge in [-0.3, -0.25) is 0 Å². The fourth-order valence-electron chi connectivity index (χ4n) is 2.82. The number of nitrogens with zero attached hydrogens (tertiary/aromatic N) is 2. The van der Waals surface area contributed by atoms with Crippen LogP contribution in [0.3, 0.4) is 0 Å².